The molecule has 0 aliphatic carbocycles. The Morgan fingerprint density at radius 1 is 1.20 bits per heavy atom. The molecular formula is CH2FNaO5S2. The van der Waals surface area contributed by atoms with Crippen LogP contribution in [0.1, 0.15) is 0 Å². The van der Waals surface area contributed by atoms with E-state index in [1.807, 2.05) is 0 Å². The summed E-state index contributed by atoms with van der Waals surface area (Å²) in [7, 11) is -10.2. The maximum atomic E-state index is 11.3. The van der Waals surface area contributed by atoms with Crippen molar-refractivity contribution in [2.45, 2.75) is 0 Å². The molecule has 0 aliphatic heterocycles. The topological polar surface area (TPSA) is 91.3 Å². The Kier molecular flexibility index (Phi) is 5.32. The quantitative estimate of drug-likeness (QED) is 0.256. The van der Waals surface area contributed by atoms with E-state index in [0.29, 0.717) is 0 Å². The van der Waals surface area contributed by atoms with Gasteiger partial charge in [0, 0.05) is 0 Å². The zero-order valence-corrected chi connectivity index (χ0v) is 8.58. The first kappa shape index (κ1) is 13.4. The molecule has 0 atom stereocenters. The molecule has 0 aromatic rings. The Balaban J connectivity index is 0. The molecular weight excluding hydrogens is 198 g/mol. The van der Waals surface area contributed by atoms with Crippen molar-refractivity contribution in [2.75, 3.05) is 5.08 Å². The third-order valence-electron chi connectivity index (χ3n) is 0.285. The van der Waals surface area contributed by atoms with Gasteiger partial charge in [-0.1, -0.05) is 0 Å². The summed E-state index contributed by atoms with van der Waals surface area (Å²) in [6, 6.07) is 0. The predicted octanol–water partition coefficient (Wildman–Crippen LogP) is -4.21. The minimum Gasteiger partial charge on any atom is -0.747 e. The van der Waals surface area contributed by atoms with Gasteiger partial charge in [-0.2, -0.15) is 8.42 Å². The first-order valence-electron chi connectivity index (χ1n) is 1.56. The number of hydrogen-bond donors (Lipinski definition) is 0. The van der Waals surface area contributed by atoms with Gasteiger partial charge in [-0.3, -0.25) is 0 Å². The van der Waals surface area contributed by atoms with Gasteiger partial charge in [0.1, 0.15) is 10.1 Å². The van der Waals surface area contributed by atoms with Crippen molar-refractivity contribution in [3.63, 3.8) is 0 Å². The molecule has 0 amide bonds. The van der Waals surface area contributed by atoms with Gasteiger partial charge in [0.2, 0.25) is 0 Å². The van der Waals surface area contributed by atoms with Crippen LogP contribution in [0.25, 0.3) is 0 Å². The van der Waals surface area contributed by atoms with Gasteiger partial charge in [0.15, 0.2) is 5.08 Å². The third kappa shape index (κ3) is 11.6. The number of rotatable bonds is 2. The van der Waals surface area contributed by atoms with Crippen molar-refractivity contribution < 1.29 is 54.8 Å². The van der Waals surface area contributed by atoms with E-state index in [1.54, 1.807) is 0 Å². The van der Waals surface area contributed by atoms with Gasteiger partial charge in [-0.25, -0.2) is 8.42 Å². The van der Waals surface area contributed by atoms with Crippen LogP contribution < -0.4 is 29.6 Å². The van der Waals surface area contributed by atoms with Crippen LogP contribution in [-0.4, -0.2) is 26.5 Å². The fourth-order valence-electron chi connectivity index (χ4n) is 0.172. The summed E-state index contributed by atoms with van der Waals surface area (Å²) in [5, 5.41) is -1.99. The minimum absolute atomic E-state index is 0. The Morgan fingerprint density at radius 2 is 1.50 bits per heavy atom. The van der Waals surface area contributed by atoms with Crippen LogP contribution in [0.15, 0.2) is 0 Å². The van der Waals surface area contributed by atoms with E-state index in [1.165, 1.54) is 0 Å². The van der Waals surface area contributed by atoms with Crippen LogP contribution >= 0.6 is 0 Å². The molecule has 56 valence electrons. The molecule has 10 heavy (non-hydrogen) atoms. The summed E-state index contributed by atoms with van der Waals surface area (Å²) in [5.74, 6) is 0. The summed E-state index contributed by atoms with van der Waals surface area (Å²) in [6.45, 7) is 0. The van der Waals surface area contributed by atoms with Gasteiger partial charge >= 0.3 is 39.8 Å². The number of halogens is 1. The molecule has 0 spiro atoms. The Morgan fingerprint density at radius 3 is 1.50 bits per heavy atom. The van der Waals surface area contributed by atoms with Gasteiger partial charge in [-0.15, -0.1) is 3.89 Å². The third-order valence-corrected chi connectivity index (χ3v) is 2.57. The van der Waals surface area contributed by atoms with Crippen molar-refractivity contribution in [3.8, 4) is 0 Å². The summed E-state index contributed by atoms with van der Waals surface area (Å²) in [6.07, 6.45) is 0. The minimum atomic E-state index is -5.18. The average Bonchev–Trinajstić information content (AvgIpc) is 1.14. The van der Waals surface area contributed by atoms with Crippen LogP contribution in [-0.2, 0) is 20.3 Å². The number of hydrogen-bond acceptors (Lipinski definition) is 5. The van der Waals surface area contributed by atoms with E-state index in [-0.39, 0.29) is 29.6 Å². The maximum Gasteiger partial charge on any atom is 1.00 e. The molecule has 0 heterocycles. The van der Waals surface area contributed by atoms with Crippen molar-refractivity contribution in [1.82, 2.24) is 0 Å². The molecule has 0 unspecified atom stereocenters. The summed E-state index contributed by atoms with van der Waals surface area (Å²) in [5.41, 5.74) is 0. The van der Waals surface area contributed by atoms with E-state index in [0.717, 1.165) is 0 Å². The Bertz CT molecular complexity index is 245. The fraction of sp³-hybridized carbons (Fsp3) is 1.00. The predicted molar refractivity (Wildman–Crippen MR) is 24.6 cm³/mol. The summed E-state index contributed by atoms with van der Waals surface area (Å²) in [4.78, 5) is 0. The molecule has 0 bridgehead atoms. The molecule has 0 radical (unpaired) electrons. The summed E-state index contributed by atoms with van der Waals surface area (Å²) >= 11 is 0. The van der Waals surface area contributed by atoms with Crippen LogP contribution in [0.4, 0.5) is 3.89 Å². The summed E-state index contributed by atoms with van der Waals surface area (Å²) < 4.78 is 58.5. The van der Waals surface area contributed by atoms with Crippen LogP contribution in [0, 0.1) is 0 Å². The first-order valence-corrected chi connectivity index (χ1v) is 4.69. The van der Waals surface area contributed by atoms with Crippen LogP contribution in [0.3, 0.4) is 0 Å². The monoisotopic (exact) mass is 200 g/mol. The largest absolute Gasteiger partial charge is 1.00 e. The Hall–Kier alpha value is 0.790. The van der Waals surface area contributed by atoms with E-state index >= 15 is 0 Å². The molecule has 0 rings (SSSR count). The normalized spacial score (nSPS) is 12.2. The van der Waals surface area contributed by atoms with Crippen LogP contribution in [0.2, 0.25) is 0 Å². The maximum absolute atomic E-state index is 11.3. The van der Waals surface area contributed by atoms with E-state index in [4.69, 9.17) is 0 Å². The molecule has 5 nitrogen and oxygen atoms in total. The SMILES string of the molecule is O=S(=O)([O-])CS(=O)(=O)F.[Na+]. The zero-order chi connectivity index (χ0) is 7.71. The van der Waals surface area contributed by atoms with Crippen LogP contribution in [0.5, 0.6) is 0 Å². The van der Waals surface area contributed by atoms with Gasteiger partial charge < -0.3 is 4.55 Å². The second kappa shape index (κ2) is 3.98. The van der Waals surface area contributed by atoms with E-state index in [2.05, 4.69) is 0 Å². The molecule has 0 saturated heterocycles. The van der Waals surface area contributed by atoms with Crippen molar-refractivity contribution in [2.24, 2.45) is 0 Å². The second-order valence-corrected chi connectivity index (χ2v) is 4.35. The Labute approximate surface area is 79.9 Å². The molecule has 0 aromatic heterocycles. The molecule has 0 aliphatic rings. The fourth-order valence-corrected chi connectivity index (χ4v) is 1.55. The average molecular weight is 200 g/mol. The standard InChI is InChI=1S/CH3FO5S2.Na/c2-8(3,4)1-9(5,6)7;/h1H2,(H,5,6,7);/q;+1/p-1. The van der Waals surface area contributed by atoms with Crippen molar-refractivity contribution in [1.29, 1.82) is 0 Å². The van der Waals surface area contributed by atoms with Gasteiger partial charge in [-0.05, 0) is 0 Å². The van der Waals surface area contributed by atoms with Crippen molar-refractivity contribution in [3.05, 3.63) is 0 Å². The van der Waals surface area contributed by atoms with E-state index < -0.39 is 25.4 Å². The van der Waals surface area contributed by atoms with Gasteiger partial charge in [0.05, 0.1) is 0 Å². The second-order valence-electron chi connectivity index (χ2n) is 1.21. The van der Waals surface area contributed by atoms with Crippen molar-refractivity contribution >= 4 is 20.3 Å². The molecule has 0 aromatic carbocycles. The molecule has 0 fully saturated rings. The first-order chi connectivity index (χ1) is 3.71. The smallest absolute Gasteiger partial charge is 0.747 e. The van der Waals surface area contributed by atoms with Gasteiger partial charge in [0.25, 0.3) is 0 Å². The molecule has 0 N–H and O–H groups in total. The molecule has 0 saturated carbocycles. The molecule has 9 heteroatoms. The zero-order valence-electron chi connectivity index (χ0n) is 4.94. The van der Waals surface area contributed by atoms with E-state index in [9.17, 15) is 25.3 Å².